The molecule has 1 aliphatic heterocycles. The average molecular weight is 472 g/mol. The maximum atomic E-state index is 12.7. The molecule has 2 aromatic carbocycles. The molecule has 0 saturated carbocycles. The fourth-order valence-electron chi connectivity index (χ4n) is 3.96. The molecule has 2 aromatic rings. The van der Waals surface area contributed by atoms with Gasteiger partial charge in [-0.15, -0.1) is 0 Å². The number of nitrogens with two attached hydrogens (primary N) is 1. The van der Waals surface area contributed by atoms with Gasteiger partial charge in [-0.2, -0.15) is 0 Å². The van der Waals surface area contributed by atoms with Crippen molar-refractivity contribution in [2.45, 2.75) is 26.2 Å². The largest absolute Gasteiger partial charge is 0.493 e. The first-order valence-electron chi connectivity index (χ1n) is 10.8. The quantitative estimate of drug-likeness (QED) is 0.548. The molecule has 1 aliphatic rings. The number of hydrogen-bond donors (Lipinski definition) is 1. The van der Waals surface area contributed by atoms with Gasteiger partial charge in [-0.25, -0.2) is 4.79 Å². The molecule has 0 saturated heterocycles. The first-order chi connectivity index (χ1) is 16.4. The van der Waals surface area contributed by atoms with E-state index in [2.05, 4.69) is 0 Å². The van der Waals surface area contributed by atoms with Crippen LogP contribution in [0.2, 0.25) is 0 Å². The van der Waals surface area contributed by atoms with Crippen molar-refractivity contribution >= 4 is 11.9 Å². The topological polar surface area (TPSA) is 116 Å². The Bertz CT molecular complexity index is 1110. The Kier molecular flexibility index (Phi) is 7.88. The van der Waals surface area contributed by atoms with Crippen molar-refractivity contribution in [2.24, 2.45) is 5.73 Å². The zero-order chi connectivity index (χ0) is 24.8. The van der Waals surface area contributed by atoms with Gasteiger partial charge in [-0.1, -0.05) is 6.07 Å². The Morgan fingerprint density at radius 2 is 1.65 bits per heavy atom. The fourth-order valence-corrected chi connectivity index (χ4v) is 3.96. The molecule has 0 radical (unpaired) electrons. The van der Waals surface area contributed by atoms with Gasteiger partial charge in [0.1, 0.15) is 11.3 Å². The Labute approximate surface area is 198 Å². The molecule has 0 spiro atoms. The number of benzene rings is 2. The third-order valence-electron chi connectivity index (χ3n) is 5.41. The van der Waals surface area contributed by atoms with Crippen molar-refractivity contribution in [2.75, 3.05) is 34.5 Å². The van der Waals surface area contributed by atoms with Gasteiger partial charge in [-0.3, -0.25) is 4.79 Å². The minimum atomic E-state index is -0.715. The maximum Gasteiger partial charge on any atom is 0.340 e. The third-order valence-corrected chi connectivity index (χ3v) is 5.41. The summed E-state index contributed by atoms with van der Waals surface area (Å²) < 4.78 is 32.6. The first-order valence-corrected chi connectivity index (χ1v) is 10.8. The van der Waals surface area contributed by atoms with Crippen molar-refractivity contribution < 1.29 is 38.0 Å². The Morgan fingerprint density at radius 1 is 0.941 bits per heavy atom. The second kappa shape index (κ2) is 10.8. The third kappa shape index (κ3) is 4.73. The number of fused-ring (bicyclic) bond motifs is 1. The Hall–Kier alpha value is -3.88. The Balaban J connectivity index is 2.16. The van der Waals surface area contributed by atoms with Crippen molar-refractivity contribution in [3.63, 3.8) is 0 Å². The van der Waals surface area contributed by atoms with Crippen LogP contribution in [0.5, 0.6) is 23.0 Å². The molecule has 0 fully saturated rings. The highest BCUT2D eigenvalue weighted by molar-refractivity contribution is 5.93. The van der Waals surface area contributed by atoms with Crippen molar-refractivity contribution in [3.8, 4) is 34.1 Å². The van der Waals surface area contributed by atoms with E-state index >= 15 is 0 Å². The maximum absolute atomic E-state index is 12.7. The summed E-state index contributed by atoms with van der Waals surface area (Å²) in [5.74, 6) is -0.0623. The number of ether oxygens (including phenoxy) is 6. The van der Waals surface area contributed by atoms with Crippen molar-refractivity contribution in [3.05, 3.63) is 47.4 Å². The van der Waals surface area contributed by atoms with Gasteiger partial charge < -0.3 is 34.2 Å². The summed E-state index contributed by atoms with van der Waals surface area (Å²) in [5.41, 5.74) is 8.23. The van der Waals surface area contributed by atoms with Crippen LogP contribution in [0.25, 0.3) is 11.1 Å². The molecule has 9 nitrogen and oxygen atoms in total. The molecule has 0 aliphatic carbocycles. The zero-order valence-electron chi connectivity index (χ0n) is 19.9. The summed E-state index contributed by atoms with van der Waals surface area (Å²) in [6.07, 6.45) is -0.106. The van der Waals surface area contributed by atoms with Crippen LogP contribution in [-0.2, 0) is 19.1 Å². The molecule has 1 heterocycles. The summed E-state index contributed by atoms with van der Waals surface area (Å²) in [6.45, 7) is 3.77. The highest BCUT2D eigenvalue weighted by Crippen LogP contribution is 2.47. The molecule has 1 unspecified atom stereocenters. The van der Waals surface area contributed by atoms with Crippen LogP contribution in [0.3, 0.4) is 0 Å². The van der Waals surface area contributed by atoms with Gasteiger partial charge in [0, 0.05) is 17.0 Å². The molecule has 34 heavy (non-hydrogen) atoms. The predicted octanol–water partition coefficient (Wildman–Crippen LogP) is 3.54. The van der Waals surface area contributed by atoms with E-state index < -0.39 is 17.9 Å². The lowest BCUT2D eigenvalue weighted by atomic mass is 9.84. The number of esters is 2. The number of carbonyl (C=O) groups excluding carboxylic acids is 2. The van der Waals surface area contributed by atoms with E-state index in [1.807, 2.05) is 18.2 Å². The van der Waals surface area contributed by atoms with Gasteiger partial charge >= 0.3 is 11.9 Å². The lowest BCUT2D eigenvalue weighted by molar-refractivity contribution is -0.143. The lowest BCUT2D eigenvalue weighted by Crippen LogP contribution is -2.28. The van der Waals surface area contributed by atoms with E-state index in [1.165, 1.54) is 14.2 Å². The van der Waals surface area contributed by atoms with Gasteiger partial charge in [-0.05, 0) is 43.7 Å². The molecular formula is C25H29NO8. The van der Waals surface area contributed by atoms with Gasteiger partial charge in [0.25, 0.3) is 0 Å². The van der Waals surface area contributed by atoms with E-state index in [9.17, 15) is 9.59 Å². The van der Waals surface area contributed by atoms with E-state index in [1.54, 1.807) is 33.1 Å². The smallest absolute Gasteiger partial charge is 0.340 e. The fraction of sp³-hybridized carbons (Fsp3) is 0.360. The summed E-state index contributed by atoms with van der Waals surface area (Å²) in [7, 11) is 4.61. The SMILES string of the molecule is CCOC(=O)CC1C(C(=O)OCC)=C(N)Oc2ccc(-c3ccc(OC)c(OC)c3OC)cc21. The average Bonchev–Trinajstić information content (AvgIpc) is 2.82. The van der Waals surface area contributed by atoms with Crippen LogP contribution < -0.4 is 24.7 Å². The van der Waals surface area contributed by atoms with Crippen LogP contribution in [0.4, 0.5) is 0 Å². The van der Waals surface area contributed by atoms with Gasteiger partial charge in [0.15, 0.2) is 11.5 Å². The predicted molar refractivity (Wildman–Crippen MR) is 124 cm³/mol. The lowest BCUT2D eigenvalue weighted by Gasteiger charge is -2.28. The highest BCUT2D eigenvalue weighted by atomic mass is 16.5. The molecule has 0 bridgehead atoms. The van der Waals surface area contributed by atoms with E-state index in [0.717, 1.165) is 11.1 Å². The minimum Gasteiger partial charge on any atom is -0.493 e. The highest BCUT2D eigenvalue weighted by Gasteiger charge is 2.36. The molecule has 1 atom stereocenters. The van der Waals surface area contributed by atoms with E-state index in [-0.39, 0.29) is 31.1 Å². The van der Waals surface area contributed by atoms with Crippen LogP contribution in [0.1, 0.15) is 31.7 Å². The van der Waals surface area contributed by atoms with E-state index in [0.29, 0.717) is 28.6 Å². The van der Waals surface area contributed by atoms with Crippen LogP contribution in [0.15, 0.2) is 41.8 Å². The number of carbonyl (C=O) groups is 2. The molecule has 0 aromatic heterocycles. The summed E-state index contributed by atoms with van der Waals surface area (Å²) >= 11 is 0. The van der Waals surface area contributed by atoms with Crippen LogP contribution in [0, 0.1) is 0 Å². The molecule has 0 amide bonds. The molecule has 182 valence electrons. The van der Waals surface area contributed by atoms with E-state index in [4.69, 9.17) is 34.2 Å². The van der Waals surface area contributed by atoms with Crippen molar-refractivity contribution in [1.82, 2.24) is 0 Å². The van der Waals surface area contributed by atoms with Crippen LogP contribution in [-0.4, -0.2) is 46.5 Å². The molecule has 9 heteroatoms. The number of hydrogen-bond acceptors (Lipinski definition) is 9. The minimum absolute atomic E-state index is 0.0822. The van der Waals surface area contributed by atoms with Gasteiger partial charge in [0.05, 0.1) is 41.0 Å². The van der Waals surface area contributed by atoms with Crippen LogP contribution >= 0.6 is 0 Å². The Morgan fingerprint density at radius 3 is 2.26 bits per heavy atom. The summed E-state index contributed by atoms with van der Waals surface area (Å²) in [5, 5.41) is 0. The monoisotopic (exact) mass is 471 g/mol. The number of methoxy groups -OCH3 is 3. The molecule has 3 rings (SSSR count). The molecular weight excluding hydrogens is 442 g/mol. The summed E-state index contributed by atoms with van der Waals surface area (Å²) in [4.78, 5) is 25.2. The molecule has 2 N–H and O–H groups in total. The van der Waals surface area contributed by atoms with Gasteiger partial charge in [0.2, 0.25) is 11.6 Å². The second-order valence-corrected chi connectivity index (χ2v) is 7.30. The standard InChI is InChI=1S/C25H29NO8/c1-6-32-20(27)13-17-16-12-14(15-9-11-19(29-3)23(31-5)22(15)30-4)8-10-18(16)34-24(26)21(17)25(28)33-7-2/h8-12,17H,6-7,13,26H2,1-5H3. The second-order valence-electron chi connectivity index (χ2n) is 7.30. The summed E-state index contributed by atoms with van der Waals surface area (Å²) in [6, 6.07) is 8.99. The van der Waals surface area contributed by atoms with Crippen molar-refractivity contribution in [1.29, 1.82) is 0 Å². The first kappa shape index (κ1) is 24.8. The number of rotatable bonds is 9. The zero-order valence-corrected chi connectivity index (χ0v) is 19.9. The normalized spacial score (nSPS) is 14.6.